The molecule has 2 heterocycles. The summed E-state index contributed by atoms with van der Waals surface area (Å²) in [7, 11) is 0. The van der Waals surface area contributed by atoms with Gasteiger partial charge in [0.2, 0.25) is 5.91 Å². The monoisotopic (exact) mass is 268 g/mol. The van der Waals surface area contributed by atoms with E-state index in [-0.39, 0.29) is 11.8 Å². The van der Waals surface area contributed by atoms with Crippen molar-refractivity contribution in [2.75, 3.05) is 11.4 Å². The fourth-order valence-corrected chi connectivity index (χ4v) is 2.98. The lowest BCUT2D eigenvalue weighted by Gasteiger charge is -2.21. The van der Waals surface area contributed by atoms with Gasteiger partial charge >= 0.3 is 0 Å². The number of carbonyl (C=O) groups excluding carboxylic acids is 1. The van der Waals surface area contributed by atoms with E-state index in [1.807, 2.05) is 23.1 Å². The molecule has 1 aromatic carbocycles. The molecular weight excluding hydrogens is 248 g/mol. The maximum Gasteiger partial charge on any atom is 0.231 e. The van der Waals surface area contributed by atoms with Crippen molar-refractivity contribution in [2.45, 2.75) is 33.1 Å². The molecule has 104 valence electrons. The Balaban J connectivity index is 2.01. The second-order valence-corrected chi connectivity index (χ2v) is 5.42. The summed E-state index contributed by atoms with van der Waals surface area (Å²) in [5, 5.41) is 1.16. The number of benzene rings is 1. The Labute approximate surface area is 119 Å². The predicted molar refractivity (Wildman–Crippen MR) is 81.9 cm³/mol. The highest BCUT2D eigenvalue weighted by Gasteiger charge is 2.29. The van der Waals surface area contributed by atoms with E-state index in [2.05, 4.69) is 26.0 Å². The van der Waals surface area contributed by atoms with E-state index in [9.17, 15) is 4.79 Å². The van der Waals surface area contributed by atoms with Gasteiger partial charge in [-0.25, -0.2) is 4.98 Å². The molecule has 0 saturated carbocycles. The fourth-order valence-electron chi connectivity index (χ4n) is 2.98. The average Bonchev–Trinajstić information content (AvgIpc) is 2.88. The van der Waals surface area contributed by atoms with Gasteiger partial charge in [-0.1, -0.05) is 32.0 Å². The quantitative estimate of drug-likeness (QED) is 0.852. The highest BCUT2D eigenvalue weighted by Crippen LogP contribution is 2.31. The van der Waals surface area contributed by atoms with Crippen molar-refractivity contribution in [3.63, 3.8) is 0 Å². The first-order chi connectivity index (χ1) is 9.74. The molecule has 3 nitrogen and oxygen atoms in total. The summed E-state index contributed by atoms with van der Waals surface area (Å²) in [5.74, 6) is 1.23. The van der Waals surface area contributed by atoms with Crippen LogP contribution in [0, 0.1) is 5.92 Å². The molecule has 2 aromatic rings. The molecule has 0 bridgehead atoms. The lowest BCUT2D eigenvalue weighted by atomic mass is 10.0. The van der Waals surface area contributed by atoms with Crippen molar-refractivity contribution < 1.29 is 4.79 Å². The van der Waals surface area contributed by atoms with Gasteiger partial charge in [0.05, 0.1) is 5.52 Å². The zero-order chi connectivity index (χ0) is 14.1. The number of hydrogen-bond acceptors (Lipinski definition) is 2. The number of nitrogens with zero attached hydrogens (tertiary/aromatic N) is 2. The van der Waals surface area contributed by atoms with Gasteiger partial charge in [-0.3, -0.25) is 9.69 Å². The van der Waals surface area contributed by atoms with E-state index in [1.54, 1.807) is 0 Å². The second kappa shape index (κ2) is 5.23. The lowest BCUT2D eigenvalue weighted by Crippen LogP contribution is -2.34. The largest absolute Gasteiger partial charge is 0.296 e. The van der Waals surface area contributed by atoms with E-state index >= 15 is 0 Å². The molecule has 0 saturated heterocycles. The summed E-state index contributed by atoms with van der Waals surface area (Å²) in [6.07, 6.45) is 2.71. The normalized spacial score (nSPS) is 14.1. The van der Waals surface area contributed by atoms with Crippen LogP contribution in [-0.2, 0) is 11.2 Å². The van der Waals surface area contributed by atoms with Gasteiger partial charge in [0.1, 0.15) is 5.82 Å². The molecular formula is C17H20N2O. The predicted octanol–water partition coefficient (Wildman–Crippen LogP) is 3.56. The zero-order valence-corrected chi connectivity index (χ0v) is 12.1. The zero-order valence-electron chi connectivity index (χ0n) is 12.1. The third-order valence-corrected chi connectivity index (χ3v) is 4.24. The average molecular weight is 268 g/mol. The first-order valence-corrected chi connectivity index (χ1v) is 7.44. The number of aromatic nitrogens is 1. The lowest BCUT2D eigenvalue weighted by molar-refractivity contribution is -0.122. The molecule has 3 rings (SSSR count). The van der Waals surface area contributed by atoms with Gasteiger partial charge < -0.3 is 0 Å². The topological polar surface area (TPSA) is 33.2 Å². The molecule has 1 aliphatic rings. The van der Waals surface area contributed by atoms with Crippen LogP contribution < -0.4 is 4.90 Å². The minimum absolute atomic E-state index is 0.120. The molecule has 1 aliphatic heterocycles. The Morgan fingerprint density at radius 3 is 2.80 bits per heavy atom. The Kier molecular flexibility index (Phi) is 3.43. The van der Waals surface area contributed by atoms with Crippen LogP contribution in [0.15, 0.2) is 30.3 Å². The van der Waals surface area contributed by atoms with E-state index in [0.29, 0.717) is 0 Å². The molecule has 0 unspecified atom stereocenters. The number of carbonyl (C=O) groups is 1. The van der Waals surface area contributed by atoms with Crippen molar-refractivity contribution >= 4 is 22.6 Å². The minimum Gasteiger partial charge on any atom is -0.296 e. The van der Waals surface area contributed by atoms with Crippen LogP contribution in [0.3, 0.4) is 0 Å². The molecule has 0 fully saturated rings. The van der Waals surface area contributed by atoms with Gasteiger partial charge in [-0.05, 0) is 37.0 Å². The Morgan fingerprint density at radius 2 is 2.05 bits per heavy atom. The van der Waals surface area contributed by atoms with Gasteiger partial charge in [0.15, 0.2) is 0 Å². The number of anilines is 1. The van der Waals surface area contributed by atoms with Gasteiger partial charge in [-0.2, -0.15) is 0 Å². The van der Waals surface area contributed by atoms with E-state index < -0.39 is 0 Å². The summed E-state index contributed by atoms with van der Waals surface area (Å²) < 4.78 is 0. The van der Waals surface area contributed by atoms with Crippen LogP contribution in [-0.4, -0.2) is 17.4 Å². The van der Waals surface area contributed by atoms with Crippen molar-refractivity contribution in [1.29, 1.82) is 0 Å². The van der Waals surface area contributed by atoms with Crippen molar-refractivity contribution in [2.24, 2.45) is 5.92 Å². The van der Waals surface area contributed by atoms with Crippen LogP contribution in [0.25, 0.3) is 10.9 Å². The van der Waals surface area contributed by atoms with Crippen LogP contribution >= 0.6 is 0 Å². The fraction of sp³-hybridized carbons (Fsp3) is 0.412. The second-order valence-electron chi connectivity index (χ2n) is 5.42. The van der Waals surface area contributed by atoms with E-state index in [0.717, 1.165) is 42.5 Å². The third kappa shape index (κ3) is 2.07. The van der Waals surface area contributed by atoms with Crippen LogP contribution in [0.4, 0.5) is 5.82 Å². The SMILES string of the molecule is CCC(CC)C(=O)N1CCc2cc3ccccc3nc21. The standard InChI is InChI=1S/C17H20N2O/c1-3-12(4-2)17(20)19-10-9-14-11-13-7-5-6-8-15(13)18-16(14)19/h5-8,11-12H,3-4,9-10H2,1-2H3. The van der Waals surface area contributed by atoms with Crippen molar-refractivity contribution in [1.82, 2.24) is 4.98 Å². The van der Waals surface area contributed by atoms with Gasteiger partial charge in [-0.15, -0.1) is 0 Å². The summed E-state index contributed by atoms with van der Waals surface area (Å²) in [4.78, 5) is 19.2. The molecule has 20 heavy (non-hydrogen) atoms. The summed E-state index contributed by atoms with van der Waals surface area (Å²) in [5.41, 5.74) is 2.17. The van der Waals surface area contributed by atoms with Crippen LogP contribution in [0.5, 0.6) is 0 Å². The number of amides is 1. The van der Waals surface area contributed by atoms with E-state index in [4.69, 9.17) is 4.98 Å². The number of fused-ring (bicyclic) bond motifs is 2. The smallest absolute Gasteiger partial charge is 0.231 e. The maximum absolute atomic E-state index is 12.6. The Bertz CT molecular complexity index is 646. The number of pyridine rings is 1. The molecule has 0 spiro atoms. The number of hydrogen-bond donors (Lipinski definition) is 0. The van der Waals surface area contributed by atoms with Gasteiger partial charge in [0, 0.05) is 17.8 Å². The first-order valence-electron chi connectivity index (χ1n) is 7.44. The minimum atomic E-state index is 0.120. The maximum atomic E-state index is 12.6. The molecule has 0 atom stereocenters. The van der Waals surface area contributed by atoms with Crippen molar-refractivity contribution in [3.05, 3.63) is 35.9 Å². The third-order valence-electron chi connectivity index (χ3n) is 4.24. The van der Waals surface area contributed by atoms with Crippen LogP contribution in [0.1, 0.15) is 32.3 Å². The van der Waals surface area contributed by atoms with Crippen LogP contribution in [0.2, 0.25) is 0 Å². The molecule has 0 radical (unpaired) electrons. The Hall–Kier alpha value is -1.90. The molecule has 1 amide bonds. The highest BCUT2D eigenvalue weighted by atomic mass is 16.2. The summed E-state index contributed by atoms with van der Waals surface area (Å²) in [6, 6.07) is 10.3. The molecule has 0 aliphatic carbocycles. The Morgan fingerprint density at radius 1 is 1.30 bits per heavy atom. The van der Waals surface area contributed by atoms with Gasteiger partial charge in [0.25, 0.3) is 0 Å². The summed E-state index contributed by atoms with van der Waals surface area (Å²) >= 11 is 0. The van der Waals surface area contributed by atoms with E-state index in [1.165, 1.54) is 5.56 Å². The van der Waals surface area contributed by atoms with Crippen molar-refractivity contribution in [3.8, 4) is 0 Å². The molecule has 1 aromatic heterocycles. The molecule has 0 N–H and O–H groups in total. The highest BCUT2D eigenvalue weighted by molar-refractivity contribution is 5.97. The summed E-state index contributed by atoms with van der Waals surface area (Å²) in [6.45, 7) is 4.93. The molecule has 3 heteroatoms. The number of rotatable bonds is 3. The number of para-hydroxylation sites is 1. The first kappa shape index (κ1) is 13.1.